The zero-order chi connectivity index (χ0) is 23.2. The lowest BCUT2D eigenvalue weighted by atomic mass is 9.89. The molecule has 0 saturated carbocycles. The monoisotopic (exact) mass is 439 g/mol. The van der Waals surface area contributed by atoms with Gasteiger partial charge in [-0.1, -0.05) is 45.6 Å². The number of nitriles is 1. The van der Waals surface area contributed by atoms with Crippen LogP contribution in [0.5, 0.6) is 5.75 Å². The van der Waals surface area contributed by atoms with Gasteiger partial charge in [0.15, 0.2) is 15.9 Å². The summed E-state index contributed by atoms with van der Waals surface area (Å²) in [4.78, 5) is 11.9. The van der Waals surface area contributed by atoms with Gasteiger partial charge in [-0.25, -0.2) is 13.2 Å². The molecule has 7 heteroatoms. The van der Waals surface area contributed by atoms with E-state index in [9.17, 15) is 23.6 Å². The van der Waals surface area contributed by atoms with Crippen LogP contribution in [0.25, 0.3) is 0 Å². The predicted molar refractivity (Wildman–Crippen MR) is 117 cm³/mol. The number of hydrogen-bond donors (Lipinski definition) is 1. The topological polar surface area (TPSA) is 104 Å². The van der Waals surface area contributed by atoms with Crippen molar-refractivity contribution in [1.82, 2.24) is 0 Å². The maximum absolute atomic E-state index is 12.3. The van der Waals surface area contributed by atoms with Gasteiger partial charge in [-0.05, 0) is 42.8 Å². The standard InChI is InChI=1S/C24H25NO5S/c1-5-13-31(28,29)20-8-6-7-17(15-20)9-11-19-14-18(16-25)10-12-21(19)30-22(23(26)27)24(2,3)4/h6-8,10,12,14-15,22H,5,13H2,1-4H3,(H,26,27). The Morgan fingerprint density at radius 2 is 1.84 bits per heavy atom. The third kappa shape index (κ3) is 6.34. The van der Waals surface area contributed by atoms with E-state index in [-0.39, 0.29) is 16.4 Å². The van der Waals surface area contributed by atoms with E-state index in [0.717, 1.165) is 0 Å². The number of hydrogen-bond acceptors (Lipinski definition) is 5. The molecule has 31 heavy (non-hydrogen) atoms. The van der Waals surface area contributed by atoms with Crippen molar-refractivity contribution >= 4 is 15.8 Å². The fourth-order valence-electron chi connectivity index (χ4n) is 2.82. The van der Waals surface area contributed by atoms with Crippen LogP contribution < -0.4 is 4.74 Å². The Bertz CT molecular complexity index is 1170. The highest BCUT2D eigenvalue weighted by molar-refractivity contribution is 7.91. The number of carboxylic acids is 1. The van der Waals surface area contributed by atoms with E-state index < -0.39 is 27.3 Å². The summed E-state index contributed by atoms with van der Waals surface area (Å²) in [5, 5.41) is 18.8. The first-order valence-corrected chi connectivity index (χ1v) is 11.4. The van der Waals surface area contributed by atoms with Gasteiger partial charge >= 0.3 is 5.97 Å². The Morgan fingerprint density at radius 1 is 1.13 bits per heavy atom. The minimum absolute atomic E-state index is 0.0511. The molecular formula is C24H25NO5S. The molecule has 1 atom stereocenters. The van der Waals surface area contributed by atoms with E-state index in [1.807, 2.05) is 6.07 Å². The van der Waals surface area contributed by atoms with Crippen LogP contribution in [0.3, 0.4) is 0 Å². The molecule has 0 fully saturated rings. The number of aliphatic carboxylic acids is 1. The number of nitrogens with zero attached hydrogens (tertiary/aromatic N) is 1. The van der Waals surface area contributed by atoms with Crippen LogP contribution in [-0.4, -0.2) is 31.4 Å². The van der Waals surface area contributed by atoms with Crippen LogP contribution in [0.2, 0.25) is 0 Å². The molecule has 1 N–H and O–H groups in total. The van der Waals surface area contributed by atoms with Gasteiger partial charge in [0.05, 0.1) is 27.8 Å². The molecule has 162 valence electrons. The summed E-state index contributed by atoms with van der Waals surface area (Å²) in [6, 6.07) is 12.9. The van der Waals surface area contributed by atoms with E-state index >= 15 is 0 Å². The number of carbonyl (C=O) groups is 1. The second-order valence-electron chi connectivity index (χ2n) is 8.12. The van der Waals surface area contributed by atoms with Crippen LogP contribution in [0.1, 0.15) is 50.8 Å². The smallest absolute Gasteiger partial charge is 0.345 e. The van der Waals surface area contributed by atoms with E-state index in [4.69, 9.17) is 4.74 Å². The molecule has 1 unspecified atom stereocenters. The minimum Gasteiger partial charge on any atom is -0.478 e. The van der Waals surface area contributed by atoms with Crippen molar-refractivity contribution in [2.75, 3.05) is 5.75 Å². The average Bonchev–Trinajstić information content (AvgIpc) is 2.69. The molecule has 2 rings (SSSR count). The fraction of sp³-hybridized carbons (Fsp3) is 0.333. The highest BCUT2D eigenvalue weighted by Gasteiger charge is 2.33. The quantitative estimate of drug-likeness (QED) is 0.682. The van der Waals surface area contributed by atoms with Crippen molar-refractivity contribution in [2.24, 2.45) is 5.41 Å². The van der Waals surface area contributed by atoms with E-state index in [1.165, 1.54) is 30.3 Å². The molecule has 0 aliphatic carbocycles. The van der Waals surface area contributed by atoms with Crippen molar-refractivity contribution in [3.05, 3.63) is 59.2 Å². The molecule has 0 bridgehead atoms. The largest absolute Gasteiger partial charge is 0.478 e. The van der Waals surface area contributed by atoms with Crippen molar-refractivity contribution in [1.29, 1.82) is 5.26 Å². The summed E-state index contributed by atoms with van der Waals surface area (Å²) < 4.78 is 30.4. The number of carboxylic acid groups (broad SMARTS) is 1. The van der Waals surface area contributed by atoms with Crippen LogP contribution in [0.15, 0.2) is 47.4 Å². The normalized spacial score (nSPS) is 12.2. The molecule has 0 aromatic heterocycles. The van der Waals surface area contributed by atoms with Gasteiger partial charge in [0.25, 0.3) is 0 Å². The molecule has 0 heterocycles. The third-order valence-corrected chi connectivity index (χ3v) is 6.29. The van der Waals surface area contributed by atoms with Gasteiger partial charge in [0.2, 0.25) is 0 Å². The van der Waals surface area contributed by atoms with Crippen molar-refractivity contribution in [3.8, 4) is 23.7 Å². The van der Waals surface area contributed by atoms with Gasteiger partial charge < -0.3 is 9.84 Å². The molecule has 6 nitrogen and oxygen atoms in total. The third-order valence-electron chi connectivity index (χ3n) is 4.37. The Balaban J connectivity index is 2.48. The average molecular weight is 440 g/mol. The molecule has 0 aliphatic heterocycles. The molecule has 0 spiro atoms. The van der Waals surface area contributed by atoms with Crippen LogP contribution in [0.4, 0.5) is 0 Å². The molecule has 0 radical (unpaired) electrons. The van der Waals surface area contributed by atoms with Crippen LogP contribution in [-0.2, 0) is 14.6 Å². The summed E-state index contributed by atoms with van der Waals surface area (Å²) in [5.74, 6) is 4.98. The van der Waals surface area contributed by atoms with E-state index in [0.29, 0.717) is 23.1 Å². The Labute approximate surface area is 183 Å². The Morgan fingerprint density at radius 3 is 2.42 bits per heavy atom. The van der Waals surface area contributed by atoms with Gasteiger partial charge in [0.1, 0.15) is 5.75 Å². The summed E-state index contributed by atoms with van der Waals surface area (Å²) in [6.45, 7) is 7.06. The zero-order valence-corrected chi connectivity index (χ0v) is 18.8. The lowest BCUT2D eigenvalue weighted by molar-refractivity contribution is -0.150. The van der Waals surface area contributed by atoms with E-state index in [2.05, 4.69) is 11.8 Å². The summed E-state index contributed by atoms with van der Waals surface area (Å²) in [7, 11) is -3.38. The van der Waals surface area contributed by atoms with Gasteiger partial charge in [-0.2, -0.15) is 5.26 Å². The highest BCUT2D eigenvalue weighted by atomic mass is 32.2. The van der Waals surface area contributed by atoms with Crippen LogP contribution >= 0.6 is 0 Å². The second-order valence-corrected chi connectivity index (χ2v) is 10.2. The maximum Gasteiger partial charge on any atom is 0.345 e. The molecule has 0 saturated heterocycles. The second kappa shape index (κ2) is 9.68. The molecule has 0 amide bonds. The molecule has 2 aromatic rings. The zero-order valence-electron chi connectivity index (χ0n) is 18.0. The SMILES string of the molecule is CCCS(=O)(=O)c1cccc(C#Cc2cc(C#N)ccc2OC(C(=O)O)C(C)(C)C)c1. The highest BCUT2D eigenvalue weighted by Crippen LogP contribution is 2.28. The molecule has 0 aliphatic rings. The maximum atomic E-state index is 12.3. The van der Waals surface area contributed by atoms with Gasteiger partial charge in [0, 0.05) is 11.0 Å². The summed E-state index contributed by atoms with van der Waals surface area (Å²) >= 11 is 0. The number of sulfone groups is 1. The summed E-state index contributed by atoms with van der Waals surface area (Å²) in [6.07, 6.45) is -0.609. The Kier molecular flexibility index (Phi) is 7.49. The van der Waals surface area contributed by atoms with Crippen molar-refractivity contribution in [2.45, 2.75) is 45.1 Å². The van der Waals surface area contributed by atoms with E-state index in [1.54, 1.807) is 39.8 Å². The van der Waals surface area contributed by atoms with Crippen molar-refractivity contribution < 1.29 is 23.1 Å². The van der Waals surface area contributed by atoms with Gasteiger partial charge in [-0.3, -0.25) is 0 Å². The first-order chi connectivity index (χ1) is 14.5. The molecule has 2 aromatic carbocycles. The Hall–Kier alpha value is -3.29. The first-order valence-electron chi connectivity index (χ1n) is 9.76. The van der Waals surface area contributed by atoms with Crippen molar-refractivity contribution in [3.63, 3.8) is 0 Å². The predicted octanol–water partition coefficient (Wildman–Crippen LogP) is 4.02. The first kappa shape index (κ1) is 24.0. The minimum atomic E-state index is -3.38. The number of rotatable bonds is 6. The van der Waals surface area contributed by atoms with Crippen LogP contribution in [0, 0.1) is 28.6 Å². The number of ether oxygens (including phenoxy) is 1. The molecular weight excluding hydrogens is 414 g/mol. The van der Waals surface area contributed by atoms with Gasteiger partial charge in [-0.15, -0.1) is 0 Å². The number of benzene rings is 2. The fourth-order valence-corrected chi connectivity index (χ4v) is 4.18. The summed E-state index contributed by atoms with van der Waals surface area (Å²) in [5.41, 5.74) is 0.498. The lowest BCUT2D eigenvalue weighted by Gasteiger charge is -2.28. The lowest BCUT2D eigenvalue weighted by Crippen LogP contribution is -2.39.